The van der Waals surface area contributed by atoms with Gasteiger partial charge in [-0.05, 0) is 25.0 Å². The van der Waals surface area contributed by atoms with Crippen molar-refractivity contribution < 1.29 is 4.79 Å². The standard InChI is InChI=1S/C23H19N4O/c1-2-5-18(24)23(28)16-10-8-15(9-11-16)21-13-25-14-22(27-21)20-12-17-6-3-4-7-19(17)26-20/h2-4,6-14,24,26H,5H2,1H3. The van der Waals surface area contributed by atoms with Crippen LogP contribution in [0.3, 0.4) is 0 Å². The van der Waals surface area contributed by atoms with Crippen LogP contribution in [0.15, 0.2) is 67.0 Å². The number of aromatic amines is 1. The zero-order chi connectivity index (χ0) is 19.5. The molecule has 0 unspecified atom stereocenters. The summed E-state index contributed by atoms with van der Waals surface area (Å²) in [6.07, 6.45) is 5.62. The van der Waals surface area contributed by atoms with Gasteiger partial charge in [0.05, 0.1) is 29.5 Å². The Morgan fingerprint density at radius 3 is 2.57 bits per heavy atom. The van der Waals surface area contributed by atoms with E-state index in [0.29, 0.717) is 12.0 Å². The topological polar surface area (TPSA) is 82.5 Å². The second-order valence-corrected chi connectivity index (χ2v) is 6.56. The van der Waals surface area contributed by atoms with Gasteiger partial charge < -0.3 is 10.4 Å². The number of nitrogens with zero attached hydrogens (tertiary/aromatic N) is 2. The number of para-hydroxylation sites is 1. The van der Waals surface area contributed by atoms with Crippen LogP contribution in [0.2, 0.25) is 0 Å². The van der Waals surface area contributed by atoms with Gasteiger partial charge in [0.25, 0.3) is 0 Å². The van der Waals surface area contributed by atoms with Gasteiger partial charge in [0.2, 0.25) is 5.78 Å². The van der Waals surface area contributed by atoms with Gasteiger partial charge in [-0.1, -0.05) is 49.4 Å². The third kappa shape index (κ3) is 3.47. The van der Waals surface area contributed by atoms with Crippen LogP contribution in [-0.2, 0) is 0 Å². The summed E-state index contributed by atoms with van der Waals surface area (Å²) in [5.41, 5.74) is 4.92. The molecule has 0 atom stereocenters. The molecule has 2 heterocycles. The molecule has 0 amide bonds. The average molecular weight is 367 g/mol. The van der Waals surface area contributed by atoms with Crippen molar-refractivity contribution in [2.75, 3.05) is 0 Å². The summed E-state index contributed by atoms with van der Waals surface area (Å²) in [4.78, 5) is 24.6. The van der Waals surface area contributed by atoms with Gasteiger partial charge in [-0.15, -0.1) is 0 Å². The molecule has 0 saturated carbocycles. The number of Topliss-reactive ketones (excluding diaryl/α,β-unsaturated/α-hetero) is 1. The molecule has 2 aromatic heterocycles. The molecule has 0 aliphatic rings. The van der Waals surface area contributed by atoms with Gasteiger partial charge in [-0.2, -0.15) is 0 Å². The Morgan fingerprint density at radius 1 is 1.07 bits per heavy atom. The van der Waals surface area contributed by atoms with Crippen molar-refractivity contribution in [3.8, 4) is 22.6 Å². The first kappa shape index (κ1) is 17.8. The molecule has 137 valence electrons. The second kappa shape index (κ2) is 7.56. The summed E-state index contributed by atoms with van der Waals surface area (Å²) in [6, 6.07) is 17.3. The highest BCUT2D eigenvalue weighted by molar-refractivity contribution is 6.45. The lowest BCUT2D eigenvalue weighted by Gasteiger charge is -2.05. The number of nitrogens with one attached hydrogen (secondary N) is 2. The van der Waals surface area contributed by atoms with Crippen molar-refractivity contribution in [2.24, 2.45) is 0 Å². The zero-order valence-corrected chi connectivity index (χ0v) is 15.4. The first-order chi connectivity index (χ1) is 13.7. The van der Waals surface area contributed by atoms with Gasteiger partial charge in [0.1, 0.15) is 5.69 Å². The zero-order valence-electron chi connectivity index (χ0n) is 15.4. The molecule has 2 aromatic carbocycles. The Kier molecular flexibility index (Phi) is 4.81. The molecule has 4 rings (SSSR count). The van der Waals surface area contributed by atoms with Crippen molar-refractivity contribution in [1.29, 1.82) is 5.41 Å². The fourth-order valence-electron chi connectivity index (χ4n) is 3.11. The van der Waals surface area contributed by atoms with Gasteiger partial charge >= 0.3 is 0 Å². The number of H-pyrrole nitrogens is 1. The largest absolute Gasteiger partial charge is 0.353 e. The molecule has 5 nitrogen and oxygen atoms in total. The summed E-state index contributed by atoms with van der Waals surface area (Å²) in [5, 5.41) is 8.94. The third-order valence-corrected chi connectivity index (χ3v) is 4.57. The number of hydrogen-bond acceptors (Lipinski definition) is 4. The fourth-order valence-corrected chi connectivity index (χ4v) is 3.11. The van der Waals surface area contributed by atoms with Crippen LogP contribution in [-0.4, -0.2) is 26.4 Å². The van der Waals surface area contributed by atoms with Gasteiger partial charge in [0.15, 0.2) is 0 Å². The molecule has 0 saturated heterocycles. The van der Waals surface area contributed by atoms with Crippen LogP contribution in [0.25, 0.3) is 33.5 Å². The summed E-state index contributed by atoms with van der Waals surface area (Å²) >= 11 is 0. The minimum Gasteiger partial charge on any atom is -0.353 e. The SMILES string of the molecule is C[CH]CC(=N)C(=O)c1ccc(-c2cncc(-c3cc4ccccc4[nH]3)n2)cc1. The van der Waals surface area contributed by atoms with Gasteiger partial charge in [0, 0.05) is 22.0 Å². The molecule has 0 fully saturated rings. The van der Waals surface area contributed by atoms with Gasteiger partial charge in [-0.3, -0.25) is 9.78 Å². The van der Waals surface area contributed by atoms with E-state index in [1.54, 1.807) is 30.9 Å². The molecule has 4 aromatic rings. The highest BCUT2D eigenvalue weighted by atomic mass is 16.1. The van der Waals surface area contributed by atoms with E-state index in [0.717, 1.165) is 33.5 Å². The molecule has 0 bridgehead atoms. The molecular weight excluding hydrogens is 348 g/mol. The number of fused-ring (bicyclic) bond motifs is 1. The molecule has 0 aliphatic carbocycles. The monoisotopic (exact) mass is 367 g/mol. The van der Waals surface area contributed by atoms with E-state index in [1.165, 1.54) is 0 Å². The van der Waals surface area contributed by atoms with E-state index in [1.807, 2.05) is 37.3 Å². The lowest BCUT2D eigenvalue weighted by molar-refractivity contribution is 0.106. The van der Waals surface area contributed by atoms with Crippen LogP contribution < -0.4 is 0 Å². The molecular formula is C23H19N4O. The number of rotatable bonds is 6. The molecule has 2 N–H and O–H groups in total. The summed E-state index contributed by atoms with van der Waals surface area (Å²) in [7, 11) is 0. The van der Waals surface area contributed by atoms with Crippen molar-refractivity contribution in [3.05, 3.63) is 79.0 Å². The van der Waals surface area contributed by atoms with E-state index in [2.05, 4.69) is 22.1 Å². The predicted octanol–water partition coefficient (Wildman–Crippen LogP) is 5.11. The Labute approximate surface area is 163 Å². The van der Waals surface area contributed by atoms with Crippen LogP contribution in [0, 0.1) is 11.8 Å². The van der Waals surface area contributed by atoms with Gasteiger partial charge in [-0.25, -0.2) is 4.98 Å². The maximum absolute atomic E-state index is 12.2. The Hall–Kier alpha value is -3.60. The van der Waals surface area contributed by atoms with Crippen molar-refractivity contribution in [1.82, 2.24) is 15.0 Å². The Bertz CT molecular complexity index is 1130. The van der Waals surface area contributed by atoms with E-state index < -0.39 is 0 Å². The van der Waals surface area contributed by atoms with Crippen LogP contribution in [0.5, 0.6) is 0 Å². The van der Waals surface area contributed by atoms with E-state index in [4.69, 9.17) is 10.4 Å². The van der Waals surface area contributed by atoms with Crippen LogP contribution in [0.4, 0.5) is 0 Å². The fraction of sp³-hybridized carbons (Fsp3) is 0.0870. The second-order valence-electron chi connectivity index (χ2n) is 6.56. The van der Waals surface area contributed by atoms with Crippen LogP contribution in [0.1, 0.15) is 23.7 Å². The van der Waals surface area contributed by atoms with Crippen LogP contribution >= 0.6 is 0 Å². The van der Waals surface area contributed by atoms with E-state index >= 15 is 0 Å². The minimum atomic E-state index is -0.248. The molecule has 5 heteroatoms. The summed E-state index contributed by atoms with van der Waals surface area (Å²) in [5.74, 6) is -0.248. The number of ketones is 1. The highest BCUT2D eigenvalue weighted by Gasteiger charge is 2.12. The lowest BCUT2D eigenvalue weighted by atomic mass is 10.0. The Balaban J connectivity index is 1.62. The van der Waals surface area contributed by atoms with E-state index in [9.17, 15) is 4.79 Å². The molecule has 1 radical (unpaired) electrons. The first-order valence-corrected chi connectivity index (χ1v) is 9.06. The van der Waals surface area contributed by atoms with E-state index in [-0.39, 0.29) is 11.5 Å². The number of aromatic nitrogens is 3. The third-order valence-electron chi connectivity index (χ3n) is 4.57. The summed E-state index contributed by atoms with van der Waals surface area (Å²) < 4.78 is 0. The number of benzene rings is 2. The Morgan fingerprint density at radius 2 is 1.82 bits per heavy atom. The maximum Gasteiger partial charge on any atom is 0.206 e. The minimum absolute atomic E-state index is 0.0934. The average Bonchev–Trinajstić information content (AvgIpc) is 3.18. The first-order valence-electron chi connectivity index (χ1n) is 9.06. The van der Waals surface area contributed by atoms with Crippen molar-refractivity contribution in [3.63, 3.8) is 0 Å². The molecule has 28 heavy (non-hydrogen) atoms. The summed E-state index contributed by atoms with van der Waals surface area (Å²) in [6.45, 7) is 1.84. The number of carbonyl (C=O) groups is 1. The normalized spacial score (nSPS) is 10.9. The van der Waals surface area contributed by atoms with Crippen molar-refractivity contribution in [2.45, 2.75) is 13.3 Å². The quantitative estimate of drug-likeness (QED) is 0.367. The smallest absolute Gasteiger partial charge is 0.206 e. The number of carbonyl (C=O) groups excluding carboxylic acids is 1. The predicted molar refractivity (Wildman–Crippen MR) is 111 cm³/mol. The molecule has 0 aliphatic heterocycles. The maximum atomic E-state index is 12.2. The number of hydrogen-bond donors (Lipinski definition) is 2. The molecule has 0 spiro atoms. The lowest BCUT2D eigenvalue weighted by Crippen LogP contribution is -2.12. The van der Waals surface area contributed by atoms with Crippen molar-refractivity contribution >= 4 is 22.4 Å². The highest BCUT2D eigenvalue weighted by Crippen LogP contribution is 2.25.